The molecule has 0 heterocycles. The largest absolute Gasteiger partial charge is 0.296 e. The van der Waals surface area contributed by atoms with Crippen molar-refractivity contribution in [1.82, 2.24) is 0 Å². The van der Waals surface area contributed by atoms with E-state index >= 15 is 0 Å². The van der Waals surface area contributed by atoms with Gasteiger partial charge in [-0.1, -0.05) is 19.4 Å². The average Bonchev–Trinajstić information content (AvgIpc) is 2.92. The van der Waals surface area contributed by atoms with Crippen LogP contribution in [0.4, 0.5) is 4.39 Å². The summed E-state index contributed by atoms with van der Waals surface area (Å²) in [6, 6.07) is 0. The molecular formula is C21H29FO2. The molecular weight excluding hydrogens is 302 g/mol. The van der Waals surface area contributed by atoms with E-state index in [9.17, 15) is 14.0 Å². The zero-order chi connectivity index (χ0) is 17.1. The summed E-state index contributed by atoms with van der Waals surface area (Å²) in [5.74, 6) is 1.93. The van der Waals surface area contributed by atoms with E-state index in [1.54, 1.807) is 0 Å². The van der Waals surface area contributed by atoms with Gasteiger partial charge in [0.2, 0.25) is 0 Å². The Morgan fingerprint density at radius 3 is 2.67 bits per heavy atom. The molecule has 132 valence electrons. The number of fused-ring (bicyclic) bond motifs is 5. The molecule has 0 saturated heterocycles. The van der Waals surface area contributed by atoms with E-state index in [4.69, 9.17) is 0 Å². The minimum absolute atomic E-state index is 0.00635. The highest BCUT2D eigenvalue weighted by Crippen LogP contribution is 2.66. The smallest absolute Gasteiger partial charge is 0.167 e. The third-order valence-electron chi connectivity index (χ3n) is 8.48. The van der Waals surface area contributed by atoms with E-state index < -0.39 is 6.67 Å². The molecule has 0 radical (unpaired) electrons. The van der Waals surface area contributed by atoms with Crippen LogP contribution in [-0.2, 0) is 9.59 Å². The first-order valence-corrected chi connectivity index (χ1v) is 9.72. The lowest BCUT2D eigenvalue weighted by Crippen LogP contribution is -2.51. The van der Waals surface area contributed by atoms with Crippen LogP contribution in [0.2, 0.25) is 0 Å². The SMILES string of the molecule is C[C@]12CC[C@H]3[C@@H](CCC4=CC(=O)CC[C@@]43C)[C@@H]1CC[C@@H]2C(=O)C[18F]. The summed E-state index contributed by atoms with van der Waals surface area (Å²) in [4.78, 5) is 24.0. The van der Waals surface area contributed by atoms with E-state index in [2.05, 4.69) is 13.8 Å². The number of carbonyl (C=O) groups is 2. The Labute approximate surface area is 144 Å². The fraction of sp³-hybridized carbons (Fsp3) is 0.810. The predicted octanol–water partition coefficient (Wildman–Crippen LogP) is 4.67. The van der Waals surface area contributed by atoms with Crippen molar-refractivity contribution in [3.05, 3.63) is 11.6 Å². The maximum Gasteiger partial charge on any atom is 0.167 e. The minimum atomic E-state index is -0.798. The molecule has 0 aliphatic heterocycles. The van der Waals surface area contributed by atoms with Crippen molar-refractivity contribution in [3.63, 3.8) is 0 Å². The Balaban J connectivity index is 1.65. The summed E-state index contributed by atoms with van der Waals surface area (Å²) in [5.41, 5.74) is 1.57. The number of ketones is 2. The van der Waals surface area contributed by atoms with Gasteiger partial charge >= 0.3 is 0 Å². The highest BCUT2D eigenvalue weighted by molar-refractivity contribution is 5.91. The number of hydrogen-bond acceptors (Lipinski definition) is 2. The number of allylic oxidation sites excluding steroid dienone is 1. The second kappa shape index (κ2) is 5.51. The monoisotopic (exact) mass is 331 g/mol. The summed E-state index contributed by atoms with van der Waals surface area (Å²) in [5, 5.41) is 0. The second-order valence-corrected chi connectivity index (χ2v) is 9.24. The molecule has 3 heteroatoms. The molecule has 0 amide bonds. The van der Waals surface area contributed by atoms with Gasteiger partial charge in [-0.15, -0.1) is 0 Å². The summed E-state index contributed by atoms with van der Waals surface area (Å²) in [6.07, 6.45) is 9.96. The van der Waals surface area contributed by atoms with Crippen LogP contribution in [0.3, 0.4) is 0 Å². The van der Waals surface area contributed by atoms with Crippen LogP contribution in [0.25, 0.3) is 0 Å². The maximum absolute atomic E-state index is 13.0. The second-order valence-electron chi connectivity index (χ2n) is 9.24. The number of rotatable bonds is 2. The number of halogens is 1. The third-order valence-corrected chi connectivity index (χ3v) is 8.48. The molecule has 0 aromatic carbocycles. The lowest BCUT2D eigenvalue weighted by molar-refractivity contribution is -0.131. The Morgan fingerprint density at radius 2 is 1.92 bits per heavy atom. The zero-order valence-electron chi connectivity index (χ0n) is 14.9. The number of alkyl halides is 1. The number of carbonyl (C=O) groups excluding carboxylic acids is 2. The van der Waals surface area contributed by atoms with Crippen LogP contribution in [0.15, 0.2) is 11.6 Å². The molecule has 4 aliphatic rings. The molecule has 2 nitrogen and oxygen atoms in total. The van der Waals surface area contributed by atoms with E-state index in [-0.39, 0.29) is 22.5 Å². The fourth-order valence-corrected chi connectivity index (χ4v) is 7.18. The molecule has 0 aromatic rings. The van der Waals surface area contributed by atoms with Gasteiger partial charge in [0.15, 0.2) is 11.6 Å². The Kier molecular flexibility index (Phi) is 3.78. The molecule has 24 heavy (non-hydrogen) atoms. The van der Waals surface area contributed by atoms with Crippen molar-refractivity contribution in [2.24, 2.45) is 34.5 Å². The van der Waals surface area contributed by atoms with E-state index in [0.717, 1.165) is 44.9 Å². The number of hydrogen-bond donors (Lipinski definition) is 0. The van der Waals surface area contributed by atoms with Gasteiger partial charge in [-0.3, -0.25) is 9.59 Å². The Bertz CT molecular complexity index is 609. The lowest BCUT2D eigenvalue weighted by atomic mass is 9.46. The van der Waals surface area contributed by atoms with Gasteiger partial charge in [0.05, 0.1) is 0 Å². The first-order valence-electron chi connectivity index (χ1n) is 9.72. The van der Waals surface area contributed by atoms with Crippen molar-refractivity contribution in [2.75, 3.05) is 6.67 Å². The predicted molar refractivity (Wildman–Crippen MR) is 91.2 cm³/mol. The minimum Gasteiger partial charge on any atom is -0.296 e. The van der Waals surface area contributed by atoms with E-state index in [0.29, 0.717) is 30.0 Å². The highest BCUT2D eigenvalue weighted by Gasteiger charge is 2.59. The van der Waals surface area contributed by atoms with Crippen molar-refractivity contribution >= 4 is 11.6 Å². The third kappa shape index (κ3) is 2.12. The molecule has 0 bridgehead atoms. The zero-order valence-corrected chi connectivity index (χ0v) is 14.9. The van der Waals surface area contributed by atoms with Crippen LogP contribution >= 0.6 is 0 Å². The van der Waals surface area contributed by atoms with Crippen molar-refractivity contribution in [3.8, 4) is 0 Å². The Hall–Kier alpha value is -0.990. The molecule has 4 aliphatic carbocycles. The highest BCUT2D eigenvalue weighted by atomic mass is 18.2. The van der Waals surface area contributed by atoms with Crippen LogP contribution in [0.1, 0.15) is 65.2 Å². The molecule has 3 saturated carbocycles. The number of Topliss-reactive ketones (excluding diaryl/α,β-unsaturated/α-hetero) is 1. The average molecular weight is 331 g/mol. The van der Waals surface area contributed by atoms with Crippen LogP contribution < -0.4 is 0 Å². The summed E-state index contributed by atoms with van der Waals surface area (Å²) < 4.78 is 13.0. The van der Waals surface area contributed by atoms with E-state index in [1.165, 1.54) is 5.57 Å². The van der Waals surface area contributed by atoms with Gasteiger partial charge in [-0.2, -0.15) is 0 Å². The van der Waals surface area contributed by atoms with Crippen LogP contribution in [0, 0.1) is 34.5 Å². The molecule has 6 atom stereocenters. The molecule has 0 N–H and O–H groups in total. The summed E-state index contributed by atoms with van der Waals surface area (Å²) in [6.45, 7) is 3.84. The molecule has 4 rings (SSSR count). The quantitative estimate of drug-likeness (QED) is 0.736. The standard InChI is InChI=1S/C21H29FO2/c1-20-9-7-14(23)11-13(20)3-4-15-16-5-6-18(19(24)12-22)21(16,2)10-8-17(15)20/h11,15-18H,3-10,12H2,1-2H3/t15-,16-,17-,18+,20-,21-/m0/s1/i22-1. The first kappa shape index (κ1) is 16.5. The molecule has 0 aromatic heterocycles. The van der Waals surface area contributed by atoms with Gasteiger partial charge in [0.25, 0.3) is 0 Å². The van der Waals surface area contributed by atoms with Crippen LogP contribution in [0.5, 0.6) is 0 Å². The van der Waals surface area contributed by atoms with E-state index in [1.807, 2.05) is 6.08 Å². The molecule has 0 unspecified atom stereocenters. The van der Waals surface area contributed by atoms with Gasteiger partial charge in [-0.25, -0.2) is 4.39 Å². The maximum atomic E-state index is 13.0. The first-order chi connectivity index (χ1) is 11.4. The van der Waals surface area contributed by atoms with Gasteiger partial charge < -0.3 is 0 Å². The van der Waals surface area contributed by atoms with Crippen molar-refractivity contribution in [1.29, 1.82) is 0 Å². The van der Waals surface area contributed by atoms with Crippen molar-refractivity contribution in [2.45, 2.75) is 65.2 Å². The van der Waals surface area contributed by atoms with Gasteiger partial charge in [0.1, 0.15) is 6.67 Å². The van der Waals surface area contributed by atoms with Gasteiger partial charge in [0, 0.05) is 12.3 Å². The normalized spacial score (nSPS) is 47.5. The summed E-state index contributed by atoms with van der Waals surface area (Å²) >= 11 is 0. The van der Waals surface area contributed by atoms with Crippen LogP contribution in [-0.4, -0.2) is 18.2 Å². The molecule has 3 fully saturated rings. The summed E-state index contributed by atoms with van der Waals surface area (Å²) in [7, 11) is 0. The fourth-order valence-electron chi connectivity index (χ4n) is 7.18. The topological polar surface area (TPSA) is 34.1 Å². The van der Waals surface area contributed by atoms with Gasteiger partial charge in [-0.05, 0) is 79.6 Å². The lowest BCUT2D eigenvalue weighted by Gasteiger charge is -2.58. The van der Waals surface area contributed by atoms with Crippen molar-refractivity contribution < 1.29 is 14.0 Å². The Morgan fingerprint density at radius 1 is 1.12 bits per heavy atom. The molecule has 0 spiro atoms.